The van der Waals surface area contributed by atoms with Gasteiger partial charge in [-0.3, -0.25) is 0 Å². The van der Waals surface area contributed by atoms with Crippen LogP contribution in [-0.2, 0) is 21.1 Å². The molecule has 0 spiro atoms. The molecule has 0 aromatic heterocycles. The van der Waals surface area contributed by atoms with Crippen LogP contribution in [0.2, 0.25) is 17.3 Å². The first-order chi connectivity index (χ1) is 9.98. The van der Waals surface area contributed by atoms with Crippen LogP contribution in [0.25, 0.3) is 0 Å². The van der Waals surface area contributed by atoms with Gasteiger partial charge in [0.15, 0.2) is 0 Å². The van der Waals surface area contributed by atoms with E-state index in [4.69, 9.17) is 0 Å². The van der Waals surface area contributed by atoms with E-state index in [9.17, 15) is 0 Å². The van der Waals surface area contributed by atoms with E-state index >= 15 is 0 Å². The van der Waals surface area contributed by atoms with Crippen LogP contribution in [0.15, 0.2) is 19.8 Å². The fourth-order valence-corrected chi connectivity index (χ4v) is 24.3. The Labute approximate surface area is 146 Å². The van der Waals surface area contributed by atoms with E-state index in [1.165, 1.54) is 0 Å². The molecule has 0 saturated carbocycles. The molecule has 0 radical (unpaired) electrons. The van der Waals surface area contributed by atoms with Gasteiger partial charge in [0.2, 0.25) is 0 Å². The van der Waals surface area contributed by atoms with Crippen LogP contribution in [0.4, 0.5) is 0 Å². The first kappa shape index (κ1) is 20.8. The standard InChI is InChI=1S/C8H13Ge.3C3H8N.Zr/c1-9(2,3)8-6-4-5-7-8;3*1-3(2)4;/h4,6H,5H2,1-3H3;3*3-4H,1-2H3;/q;3*-1;+3. The molecule has 22 heavy (non-hydrogen) atoms. The first-order valence-corrected chi connectivity index (χ1v) is 21.0. The Morgan fingerprint density at radius 2 is 1.27 bits per heavy atom. The summed E-state index contributed by atoms with van der Waals surface area (Å²) in [4.78, 5) is 0. The van der Waals surface area contributed by atoms with Gasteiger partial charge in [0, 0.05) is 0 Å². The van der Waals surface area contributed by atoms with Crippen molar-refractivity contribution < 1.29 is 21.1 Å². The normalized spacial score (nSPS) is 16.7. The molecule has 3 N–H and O–H groups in total. The zero-order valence-corrected chi connectivity index (χ0v) is 20.6. The Kier molecular flexibility index (Phi) is 7.81. The van der Waals surface area contributed by atoms with E-state index in [-0.39, 0.29) is 0 Å². The molecule has 1 aliphatic rings. The molecule has 0 aliphatic heterocycles. The maximum atomic E-state index is 4.02. The zero-order valence-electron chi connectivity index (χ0n) is 16.1. The molecule has 128 valence electrons. The predicted molar refractivity (Wildman–Crippen MR) is 98.9 cm³/mol. The van der Waals surface area contributed by atoms with E-state index in [1.807, 2.05) is 0 Å². The summed E-state index contributed by atoms with van der Waals surface area (Å²) in [6, 6.07) is 1.49. The molecule has 1 rings (SSSR count). The van der Waals surface area contributed by atoms with Crippen LogP contribution < -0.4 is 9.78 Å². The second-order valence-corrected chi connectivity index (χ2v) is 26.3. The van der Waals surface area contributed by atoms with Gasteiger partial charge in [-0.1, -0.05) is 0 Å². The van der Waals surface area contributed by atoms with Crippen LogP contribution in [0.5, 0.6) is 0 Å². The molecule has 0 amide bonds. The summed E-state index contributed by atoms with van der Waals surface area (Å²) < 4.78 is 15.5. The second-order valence-electron chi connectivity index (χ2n) is 8.40. The Morgan fingerprint density at radius 1 is 0.864 bits per heavy atom. The van der Waals surface area contributed by atoms with Crippen molar-refractivity contribution in [1.82, 2.24) is 9.78 Å². The molecular formula is C17H37GeN3Zr. The molecule has 0 unspecified atom stereocenters. The molecule has 1 aliphatic carbocycles. The monoisotopic (exact) mass is 447 g/mol. The molecular weight excluding hydrogens is 410 g/mol. The average molecular weight is 447 g/mol. The van der Waals surface area contributed by atoms with Gasteiger partial charge in [-0.15, -0.1) is 0 Å². The number of hydrogen-bond donors (Lipinski definition) is 3. The van der Waals surface area contributed by atoms with Gasteiger partial charge in [0.1, 0.15) is 0 Å². The molecule has 0 atom stereocenters. The van der Waals surface area contributed by atoms with Crippen molar-refractivity contribution in [2.75, 3.05) is 0 Å². The summed E-state index contributed by atoms with van der Waals surface area (Å²) in [5, 5.41) is 0. The summed E-state index contributed by atoms with van der Waals surface area (Å²) >= 11 is -4.89. The minimum atomic E-state index is -3.03. The Balaban J connectivity index is 3.39. The van der Waals surface area contributed by atoms with Gasteiger partial charge in [-0.25, -0.2) is 0 Å². The van der Waals surface area contributed by atoms with Crippen molar-refractivity contribution in [3.63, 3.8) is 0 Å². The van der Waals surface area contributed by atoms with E-state index in [1.54, 1.807) is 7.69 Å². The van der Waals surface area contributed by atoms with Crippen molar-refractivity contribution in [3.8, 4) is 0 Å². The van der Waals surface area contributed by atoms with Gasteiger partial charge in [-0.05, 0) is 0 Å². The molecule has 0 saturated heterocycles. The van der Waals surface area contributed by atoms with Crippen molar-refractivity contribution in [1.29, 1.82) is 0 Å². The van der Waals surface area contributed by atoms with Crippen molar-refractivity contribution in [2.24, 2.45) is 0 Å². The third-order valence-electron chi connectivity index (χ3n) is 3.71. The number of nitrogens with one attached hydrogen (secondary N) is 3. The second kappa shape index (κ2) is 8.25. The third kappa shape index (κ3) is 5.70. The summed E-state index contributed by atoms with van der Waals surface area (Å²) in [7, 11) is 0. The van der Waals surface area contributed by atoms with Gasteiger partial charge in [0.25, 0.3) is 0 Å². The molecule has 0 bridgehead atoms. The van der Waals surface area contributed by atoms with Crippen LogP contribution in [0, 0.1) is 0 Å². The van der Waals surface area contributed by atoms with Crippen LogP contribution in [-0.4, -0.2) is 31.4 Å². The van der Waals surface area contributed by atoms with Gasteiger partial charge >= 0.3 is 147 Å². The quantitative estimate of drug-likeness (QED) is 0.493. The summed E-state index contributed by atoms with van der Waals surface area (Å²) in [6.45, 7) is 13.6. The number of rotatable bonds is 8. The Hall–Kier alpha value is 0.786. The third-order valence-corrected chi connectivity index (χ3v) is 20.2. The Bertz CT molecular complexity index is 407. The summed E-state index contributed by atoms with van der Waals surface area (Å²) in [5.41, 5.74) is 0. The van der Waals surface area contributed by atoms with Crippen molar-refractivity contribution >= 4 is 13.3 Å². The number of hydrogen-bond acceptors (Lipinski definition) is 3. The van der Waals surface area contributed by atoms with E-state index < -0.39 is 34.4 Å². The van der Waals surface area contributed by atoms with E-state index in [0.29, 0.717) is 18.1 Å². The van der Waals surface area contributed by atoms with Crippen LogP contribution >= 0.6 is 0 Å². The van der Waals surface area contributed by atoms with Gasteiger partial charge in [-0.2, -0.15) is 0 Å². The van der Waals surface area contributed by atoms with Crippen molar-refractivity contribution in [2.45, 2.75) is 83.4 Å². The minimum absolute atomic E-state index is 0.495. The molecule has 3 nitrogen and oxygen atoms in total. The van der Waals surface area contributed by atoms with E-state index in [2.05, 4.69) is 80.7 Å². The zero-order chi connectivity index (χ0) is 17.1. The molecule has 0 heterocycles. The molecule has 0 aromatic rings. The fraction of sp³-hybridized carbons (Fsp3) is 0.765. The van der Waals surface area contributed by atoms with Crippen molar-refractivity contribution in [3.05, 3.63) is 19.8 Å². The topological polar surface area (TPSA) is 36.1 Å². The average Bonchev–Trinajstić information content (AvgIpc) is 2.73. The predicted octanol–water partition coefficient (Wildman–Crippen LogP) is 3.97. The first-order valence-electron chi connectivity index (χ1n) is 8.71. The van der Waals surface area contributed by atoms with Crippen LogP contribution in [0.1, 0.15) is 48.0 Å². The molecule has 0 aromatic carbocycles. The van der Waals surface area contributed by atoms with E-state index in [0.717, 1.165) is 6.42 Å². The van der Waals surface area contributed by atoms with Crippen LogP contribution in [0.3, 0.4) is 0 Å². The summed E-state index contributed by atoms with van der Waals surface area (Å²) in [5.74, 6) is 7.55. The maximum absolute atomic E-state index is 4.02. The van der Waals surface area contributed by atoms with Gasteiger partial charge in [0.05, 0.1) is 0 Å². The Morgan fingerprint density at radius 3 is 1.59 bits per heavy atom. The molecule has 5 heteroatoms. The molecule has 0 fully saturated rings. The number of allylic oxidation sites excluding steroid dienone is 4. The summed E-state index contributed by atoms with van der Waals surface area (Å²) in [6.07, 6.45) is 5.96. The fourth-order valence-electron chi connectivity index (χ4n) is 3.25. The van der Waals surface area contributed by atoms with Gasteiger partial charge < -0.3 is 0 Å². The SMILES string of the molecule is CC(C)[NH][Zr]([NH]C(C)C)([NH]C(C)C)[C]1=[C]([Ge]([CH3])([CH3])[CH3])C=CC1.